The molecule has 6 fully saturated rings. The molecule has 2 amide bonds. The van der Waals surface area contributed by atoms with Crippen LogP contribution in [0.1, 0.15) is 101 Å². The van der Waals surface area contributed by atoms with Crippen molar-refractivity contribution in [3.8, 4) is 33.3 Å². The zero-order chi connectivity index (χ0) is 57.5. The minimum Gasteiger partial charge on any atom is -0.507 e. The Balaban J connectivity index is 0.570. The zero-order valence-corrected chi connectivity index (χ0v) is 48.0. The number of aromatic hydroxyl groups is 1. The highest BCUT2D eigenvalue weighted by molar-refractivity contribution is 7.13. The van der Waals surface area contributed by atoms with Crippen molar-refractivity contribution in [2.24, 2.45) is 11.8 Å². The normalized spacial score (nSPS) is 24.1. The number of phenols is 1. The summed E-state index contributed by atoms with van der Waals surface area (Å²) in [7, 11) is 0. The average molecular weight is 1160 g/mol. The number of carbonyl (C=O) groups excluding carboxylic acids is 2. The number of para-hydroxylation sites is 1. The highest BCUT2D eigenvalue weighted by Crippen LogP contribution is 2.41. The molecule has 1 aliphatic carbocycles. The Bertz CT molecular complexity index is 3210. The van der Waals surface area contributed by atoms with E-state index in [1.165, 1.54) is 16.2 Å². The van der Waals surface area contributed by atoms with E-state index in [-0.39, 0.29) is 60.6 Å². The van der Waals surface area contributed by atoms with E-state index in [9.17, 15) is 28.6 Å². The molecule has 4 aromatic heterocycles. The van der Waals surface area contributed by atoms with E-state index in [4.69, 9.17) is 19.7 Å². The lowest BCUT2D eigenvalue weighted by molar-refractivity contribution is -0.141. The van der Waals surface area contributed by atoms with E-state index < -0.39 is 42.3 Å². The molecule has 2 bridgehead atoms. The molecule has 0 spiro atoms. The van der Waals surface area contributed by atoms with Crippen LogP contribution in [-0.4, -0.2) is 158 Å². The summed E-state index contributed by atoms with van der Waals surface area (Å²) in [6, 6.07) is 19.5. The molecule has 5 N–H and O–H groups in total. The molecule has 6 aromatic rings. The number of aryl methyl sites for hydroxylation is 1. The van der Waals surface area contributed by atoms with Crippen molar-refractivity contribution in [2.45, 2.75) is 139 Å². The predicted octanol–water partition coefficient (Wildman–Crippen LogP) is 8.24. The first kappa shape index (κ1) is 56.5. The summed E-state index contributed by atoms with van der Waals surface area (Å²) in [6.07, 6.45) is 6.16. The molecule has 12 rings (SSSR count). The lowest BCUT2D eigenvalue weighted by Gasteiger charge is -2.43. The number of benzene rings is 2. The molecule has 5 saturated heterocycles. The Kier molecular flexibility index (Phi) is 16.5. The molecule has 19 nitrogen and oxygen atoms in total. The molecular weight excluding hydrogens is 1080 g/mol. The number of amides is 2. The summed E-state index contributed by atoms with van der Waals surface area (Å²) in [5.74, 6) is 0.504. The van der Waals surface area contributed by atoms with Crippen LogP contribution in [0.15, 0.2) is 89.0 Å². The van der Waals surface area contributed by atoms with E-state index >= 15 is 0 Å². The smallest absolute Gasteiger partial charge is 0.262 e. The second-order valence-electron chi connectivity index (χ2n) is 23.9. The molecular formula is C61H74F2N12O7S. The number of halogens is 2. The van der Waals surface area contributed by atoms with E-state index in [0.29, 0.717) is 40.5 Å². The van der Waals surface area contributed by atoms with Gasteiger partial charge in [0.25, 0.3) is 6.43 Å². The monoisotopic (exact) mass is 1160 g/mol. The van der Waals surface area contributed by atoms with Gasteiger partial charge in [0.1, 0.15) is 29.9 Å². The average Bonchev–Trinajstić information content (AvgIpc) is 4.25. The van der Waals surface area contributed by atoms with E-state index in [1.807, 2.05) is 51.2 Å². The number of nitrogens with one attached hydrogen (secondary N) is 1. The third kappa shape index (κ3) is 12.2. The number of nitrogens with two attached hydrogens (primary N) is 1. The van der Waals surface area contributed by atoms with Crippen molar-refractivity contribution >= 4 is 46.2 Å². The highest BCUT2D eigenvalue weighted by atomic mass is 32.1. The largest absolute Gasteiger partial charge is 0.507 e. The number of phenolic OH excluding ortho intramolecular Hbond substituents is 1. The van der Waals surface area contributed by atoms with Gasteiger partial charge in [0, 0.05) is 113 Å². The maximum atomic E-state index is 14.6. The number of thiazole rings is 1. The summed E-state index contributed by atoms with van der Waals surface area (Å²) in [6.45, 7) is 11.8. The summed E-state index contributed by atoms with van der Waals surface area (Å²) in [5.41, 5.74) is 13.2. The summed E-state index contributed by atoms with van der Waals surface area (Å²) in [5, 5.41) is 36.7. The molecule has 5 aliphatic heterocycles. The first-order valence-electron chi connectivity index (χ1n) is 29.4. The molecule has 0 radical (unpaired) electrons. The number of β-amino-alcohol motifs (C(OH)–C–C–N with tert-alkyl or cyclic N) is 1. The topological polar surface area (TPSA) is 225 Å². The number of nitrogens with zero attached hydrogens (tertiary/aromatic N) is 10. The summed E-state index contributed by atoms with van der Waals surface area (Å²) < 4.78 is 48.1. The number of rotatable bonds is 18. The first-order valence-corrected chi connectivity index (χ1v) is 30.3. The van der Waals surface area contributed by atoms with Crippen molar-refractivity contribution in [3.05, 3.63) is 102 Å². The molecule has 6 aliphatic rings. The molecule has 6 atom stereocenters. The van der Waals surface area contributed by atoms with Gasteiger partial charge in [-0.25, -0.2) is 18.7 Å². The van der Waals surface area contributed by atoms with Crippen LogP contribution in [0.4, 0.5) is 31.8 Å². The third-order valence-corrected chi connectivity index (χ3v) is 19.0. The maximum absolute atomic E-state index is 14.6. The van der Waals surface area contributed by atoms with E-state index in [2.05, 4.69) is 62.4 Å². The fourth-order valence-electron chi connectivity index (χ4n) is 13.5. The Morgan fingerprint density at radius 2 is 1.60 bits per heavy atom. The molecule has 1 saturated carbocycles. The number of piperazine rings is 1. The Hall–Kier alpha value is -7.01. The minimum atomic E-state index is -2.92. The van der Waals surface area contributed by atoms with Crippen molar-refractivity contribution < 1.29 is 42.6 Å². The quantitative estimate of drug-likeness (QED) is 0.0636. The number of aliphatic hydroxyl groups is 1. The van der Waals surface area contributed by atoms with Gasteiger partial charge in [0.05, 0.1) is 45.8 Å². The number of aromatic nitrogens is 5. The SMILES string of the molecule is Cc1ncsc1-c1ccc([C@@H](NC(=O)[C@@H]2C[C@@H](O)CN2C(=O)[C@@H](c2cc(N3CCC(CN4CCC(OC5CC(Oc6cc(N7C8CC[C@@H]7CN(c7cc(-c9ccccc9O)nnc7N)C8)ccn6)C5)CC4)CC3)no2)C(C)C)C(F)F)cc1. The van der Waals surface area contributed by atoms with Gasteiger partial charge < -0.3 is 59.8 Å². The van der Waals surface area contributed by atoms with Crippen LogP contribution in [0.3, 0.4) is 0 Å². The first-order chi connectivity index (χ1) is 40.2. The van der Waals surface area contributed by atoms with Crippen LogP contribution >= 0.6 is 11.3 Å². The second-order valence-corrected chi connectivity index (χ2v) is 24.7. The fraction of sp³-hybridized carbons (Fsp3) is 0.525. The van der Waals surface area contributed by atoms with Crippen LogP contribution in [0.25, 0.3) is 21.7 Å². The number of nitrogen functional groups attached to an aromatic ring is 1. The predicted molar refractivity (Wildman–Crippen MR) is 312 cm³/mol. The highest BCUT2D eigenvalue weighted by Gasteiger charge is 2.45. The van der Waals surface area contributed by atoms with Crippen LogP contribution < -0.4 is 30.5 Å². The van der Waals surface area contributed by atoms with Crippen molar-refractivity contribution in [2.75, 3.05) is 72.8 Å². The number of piperidine rings is 2. The molecule has 1 unspecified atom stereocenters. The zero-order valence-electron chi connectivity index (χ0n) is 47.2. The van der Waals surface area contributed by atoms with E-state index in [1.54, 1.807) is 41.9 Å². The third-order valence-electron chi connectivity index (χ3n) is 18.0. The number of ether oxygens (including phenoxy) is 2. The molecule has 22 heteroatoms. The van der Waals surface area contributed by atoms with E-state index in [0.717, 1.165) is 125 Å². The van der Waals surface area contributed by atoms with Crippen molar-refractivity contribution in [3.63, 3.8) is 0 Å². The lowest BCUT2D eigenvalue weighted by Crippen LogP contribution is -2.54. The van der Waals surface area contributed by atoms with Gasteiger partial charge in [-0.15, -0.1) is 21.5 Å². The van der Waals surface area contributed by atoms with Crippen LogP contribution in [0, 0.1) is 18.8 Å². The van der Waals surface area contributed by atoms with Gasteiger partial charge in [0.2, 0.25) is 17.7 Å². The number of hydrogen-bond acceptors (Lipinski definition) is 18. The van der Waals surface area contributed by atoms with Gasteiger partial charge in [-0.1, -0.05) is 55.4 Å². The van der Waals surface area contributed by atoms with Crippen molar-refractivity contribution in [1.29, 1.82) is 0 Å². The van der Waals surface area contributed by atoms with Gasteiger partial charge in [-0.3, -0.25) is 9.59 Å². The molecule has 440 valence electrons. The molecule has 2 aromatic carbocycles. The number of likely N-dealkylation sites (tertiary alicyclic amines) is 2. The minimum absolute atomic E-state index is 0.0660. The standard InChI is InChI=1S/C61H74F2N12O7S/c1-35(2)55(61(79)74-33-43(76)25-50(74)60(78)67-56(58(62)63)38-8-10-39(11-9-38)57-36(3)66-34-83-57)52-29-53(70-82-52)72-22-15-37(16-23-72)30-71-20-17-44(18-21-71)80-45-26-46(27-45)81-54-24-40(14-19-65-54)75-41-12-13-42(75)32-73(31-41)49-28-48(68-69-59(49)64)47-6-4-5-7-51(47)77/h4-11,14,19,24,28-29,34-35,37,41-46,50,55-56,58,76-77H,12-13,15-18,20-23,25-27,30-33H2,1-3H3,(H2,64,69)(H,67,78)/t41-,42?,43-,45?,46?,50+,55-,56-/m1/s1. The van der Waals surface area contributed by atoms with Crippen LogP contribution in [-0.2, 0) is 14.3 Å². The van der Waals surface area contributed by atoms with Gasteiger partial charge in [-0.05, 0) is 92.7 Å². The number of hydrogen-bond donors (Lipinski definition) is 4. The lowest BCUT2D eigenvalue weighted by atomic mass is 9.91. The maximum Gasteiger partial charge on any atom is 0.262 e. The van der Waals surface area contributed by atoms with Gasteiger partial charge in [0.15, 0.2) is 17.4 Å². The molecule has 83 heavy (non-hydrogen) atoms. The summed E-state index contributed by atoms with van der Waals surface area (Å²) in [4.78, 5) is 48.9. The van der Waals surface area contributed by atoms with Gasteiger partial charge >= 0.3 is 0 Å². The number of fused-ring (bicyclic) bond motifs is 2. The fourth-order valence-corrected chi connectivity index (χ4v) is 14.3. The second kappa shape index (κ2) is 24.3. The number of anilines is 4. The number of carbonyl (C=O) groups is 2. The Morgan fingerprint density at radius 1 is 0.855 bits per heavy atom. The Morgan fingerprint density at radius 3 is 2.30 bits per heavy atom. The number of alkyl halides is 2. The summed E-state index contributed by atoms with van der Waals surface area (Å²) >= 11 is 1.46. The number of pyridine rings is 1. The molecule has 9 heterocycles. The van der Waals surface area contributed by atoms with Crippen molar-refractivity contribution in [1.82, 2.24) is 40.4 Å². The number of aliphatic hydroxyl groups excluding tert-OH is 1. The van der Waals surface area contributed by atoms with Crippen LogP contribution in [0.2, 0.25) is 0 Å². The van der Waals surface area contributed by atoms with Gasteiger partial charge in [-0.2, -0.15) is 0 Å². The Labute approximate surface area is 486 Å². The van der Waals surface area contributed by atoms with Crippen LogP contribution in [0.5, 0.6) is 11.6 Å².